The van der Waals surface area contributed by atoms with Crippen molar-refractivity contribution >= 4 is 34.5 Å². The highest BCUT2D eigenvalue weighted by atomic mass is 32.2. The number of ether oxygens (including phenoxy) is 1. The van der Waals surface area contributed by atoms with Gasteiger partial charge in [-0.2, -0.15) is 24.9 Å². The van der Waals surface area contributed by atoms with Gasteiger partial charge in [0.2, 0.25) is 0 Å². The number of hydrogen-bond acceptors (Lipinski definition) is 6. The molecule has 0 saturated carbocycles. The summed E-state index contributed by atoms with van der Waals surface area (Å²) in [5, 5.41) is 2.60. The van der Waals surface area contributed by atoms with Crippen LogP contribution in [0.5, 0.6) is 5.75 Å². The number of nitrogens with zero attached hydrogens (tertiary/aromatic N) is 3. The molecule has 0 spiro atoms. The number of benzene rings is 1. The minimum atomic E-state index is -4.70. The second kappa shape index (κ2) is 11.0. The lowest BCUT2D eigenvalue weighted by atomic mass is 10.1. The molecule has 37 heavy (non-hydrogen) atoms. The van der Waals surface area contributed by atoms with E-state index in [9.17, 15) is 27.6 Å². The molecule has 8 nitrogen and oxygen atoms in total. The zero-order valence-corrected chi connectivity index (χ0v) is 21.2. The van der Waals surface area contributed by atoms with Gasteiger partial charge in [-0.1, -0.05) is 37.3 Å². The van der Waals surface area contributed by atoms with Gasteiger partial charge in [0.25, 0.3) is 11.5 Å². The van der Waals surface area contributed by atoms with E-state index < -0.39 is 30.0 Å². The molecule has 1 N–H and O–H groups in total. The largest absolute Gasteiger partial charge is 0.481 e. The quantitative estimate of drug-likeness (QED) is 0.441. The molecule has 1 saturated heterocycles. The first kappa shape index (κ1) is 26.8. The molecule has 0 atom stereocenters. The Morgan fingerprint density at radius 3 is 2.49 bits per heavy atom. The molecule has 3 heterocycles. The monoisotopic (exact) mass is 536 g/mol. The van der Waals surface area contributed by atoms with Gasteiger partial charge in [0.15, 0.2) is 29.5 Å². The van der Waals surface area contributed by atoms with Crippen molar-refractivity contribution in [2.24, 2.45) is 7.05 Å². The topological polar surface area (TPSA) is 95.2 Å². The number of thioether (sulfide) groups is 1. The Labute approximate surface area is 215 Å². The van der Waals surface area contributed by atoms with Crippen LogP contribution >= 0.6 is 11.8 Å². The van der Waals surface area contributed by atoms with Gasteiger partial charge in [0.05, 0.1) is 6.54 Å². The van der Waals surface area contributed by atoms with Gasteiger partial charge in [-0.3, -0.25) is 19.0 Å². The third-order valence-corrected chi connectivity index (χ3v) is 7.24. The first-order chi connectivity index (χ1) is 17.6. The van der Waals surface area contributed by atoms with E-state index in [1.165, 1.54) is 11.6 Å². The van der Waals surface area contributed by atoms with Crippen LogP contribution in [0.15, 0.2) is 35.1 Å². The summed E-state index contributed by atoms with van der Waals surface area (Å²) in [4.78, 5) is 44.3. The minimum absolute atomic E-state index is 0.0202. The minimum Gasteiger partial charge on any atom is -0.481 e. The summed E-state index contributed by atoms with van der Waals surface area (Å²) in [6.45, 7) is -0.302. The average Bonchev–Trinajstić information content (AvgIpc) is 3.16. The number of Topliss-reactive ketones (excluding diaryl/α,β-unsaturated/α-hetero) is 1. The third-order valence-electron chi connectivity index (χ3n) is 6.19. The fraction of sp³-hybridized carbons (Fsp3) is 0.440. The Morgan fingerprint density at radius 2 is 1.86 bits per heavy atom. The van der Waals surface area contributed by atoms with Crippen LogP contribution in [0, 0.1) is 0 Å². The third kappa shape index (κ3) is 5.84. The van der Waals surface area contributed by atoms with Gasteiger partial charge in [0, 0.05) is 25.1 Å². The smallest absolute Gasteiger partial charge is 0.422 e. The van der Waals surface area contributed by atoms with Crippen LogP contribution in [-0.4, -0.2) is 56.1 Å². The Hall–Kier alpha value is -3.28. The lowest BCUT2D eigenvalue weighted by Gasteiger charge is -2.23. The number of alkyl halides is 3. The van der Waals surface area contributed by atoms with Gasteiger partial charge in [-0.05, 0) is 24.3 Å². The summed E-state index contributed by atoms with van der Waals surface area (Å²) < 4.78 is 46.9. The number of aryl methyl sites for hydroxylation is 2. The van der Waals surface area contributed by atoms with Crippen LogP contribution in [0.25, 0.3) is 11.0 Å². The molecule has 1 aliphatic heterocycles. The summed E-state index contributed by atoms with van der Waals surface area (Å²) in [6.07, 6.45) is -2.97. The van der Waals surface area contributed by atoms with Crippen LogP contribution in [0.1, 0.15) is 46.4 Å². The Balaban J connectivity index is 1.84. The molecule has 1 aliphatic rings. The van der Waals surface area contributed by atoms with Gasteiger partial charge in [0.1, 0.15) is 11.2 Å². The van der Waals surface area contributed by atoms with Crippen LogP contribution in [0.3, 0.4) is 0 Å². The molecular weight excluding hydrogens is 509 g/mol. The molecule has 1 fully saturated rings. The average molecular weight is 537 g/mol. The standard InChI is InChI=1S/C25H27F3N4O4S/c1-3-18-30-22-19(24(35)32(18)13-17(33)15-7-5-4-6-8-15)21(36-14-25(26,27)28)20(31(22)2)23(34)29-16-9-11-37-12-10-16/h4-8,16H,3,9-14H2,1-2H3,(H,29,34). The van der Waals surface area contributed by atoms with E-state index in [0.29, 0.717) is 5.56 Å². The summed E-state index contributed by atoms with van der Waals surface area (Å²) in [5.41, 5.74) is -0.557. The van der Waals surface area contributed by atoms with Crippen LogP contribution in [0.4, 0.5) is 13.2 Å². The molecule has 3 aromatic rings. The van der Waals surface area contributed by atoms with Crippen molar-refractivity contribution in [1.29, 1.82) is 0 Å². The highest BCUT2D eigenvalue weighted by Gasteiger charge is 2.34. The van der Waals surface area contributed by atoms with Crippen molar-refractivity contribution in [3.63, 3.8) is 0 Å². The Morgan fingerprint density at radius 1 is 1.19 bits per heavy atom. The number of hydrogen-bond donors (Lipinski definition) is 1. The first-order valence-electron chi connectivity index (χ1n) is 11.9. The fourth-order valence-electron chi connectivity index (χ4n) is 4.34. The lowest BCUT2D eigenvalue weighted by Crippen LogP contribution is -2.38. The molecule has 12 heteroatoms. The number of halogens is 3. The number of carbonyl (C=O) groups is 2. The zero-order valence-electron chi connectivity index (χ0n) is 20.4. The van der Waals surface area contributed by atoms with Crippen LogP contribution in [0.2, 0.25) is 0 Å². The number of carbonyl (C=O) groups excluding carboxylic acids is 2. The molecule has 198 valence electrons. The van der Waals surface area contributed by atoms with Crippen LogP contribution in [-0.2, 0) is 20.0 Å². The van der Waals surface area contributed by atoms with Crippen LogP contribution < -0.4 is 15.6 Å². The molecule has 2 aromatic heterocycles. The second-order valence-electron chi connectivity index (χ2n) is 8.76. The lowest BCUT2D eigenvalue weighted by molar-refractivity contribution is -0.153. The van der Waals surface area contributed by atoms with Gasteiger partial charge in [-0.15, -0.1) is 0 Å². The van der Waals surface area contributed by atoms with Crippen molar-refractivity contribution in [1.82, 2.24) is 19.4 Å². The van der Waals surface area contributed by atoms with E-state index >= 15 is 0 Å². The van der Waals surface area contributed by atoms with E-state index in [-0.39, 0.29) is 47.3 Å². The molecule has 1 aromatic carbocycles. The van der Waals surface area contributed by atoms with Crippen molar-refractivity contribution < 1.29 is 27.5 Å². The molecular formula is C25H27F3N4O4S. The Kier molecular flexibility index (Phi) is 7.96. The van der Waals surface area contributed by atoms with E-state index in [4.69, 9.17) is 4.74 Å². The SMILES string of the molecule is CCc1nc2c(c(OCC(F)(F)F)c(C(=O)NC3CCSCC3)n2C)c(=O)n1CC(=O)c1ccccc1. The predicted octanol–water partition coefficient (Wildman–Crippen LogP) is 3.75. The van der Waals surface area contributed by atoms with Crippen molar-refractivity contribution in [2.75, 3.05) is 18.1 Å². The van der Waals surface area contributed by atoms with Crippen molar-refractivity contribution in [2.45, 2.75) is 44.9 Å². The second-order valence-corrected chi connectivity index (χ2v) is 9.99. The summed E-state index contributed by atoms with van der Waals surface area (Å²) in [7, 11) is 1.46. The Bertz CT molecular complexity index is 1360. The predicted molar refractivity (Wildman–Crippen MR) is 134 cm³/mol. The first-order valence-corrected chi connectivity index (χ1v) is 13.0. The van der Waals surface area contributed by atoms with E-state index in [1.54, 1.807) is 49.0 Å². The maximum absolute atomic E-state index is 13.7. The summed E-state index contributed by atoms with van der Waals surface area (Å²) in [5.74, 6) is 0.497. The number of amides is 1. The normalized spacial score (nSPS) is 14.6. The highest BCUT2D eigenvalue weighted by Crippen LogP contribution is 2.32. The number of rotatable bonds is 8. The number of fused-ring (bicyclic) bond motifs is 1. The summed E-state index contributed by atoms with van der Waals surface area (Å²) in [6, 6.07) is 8.21. The molecule has 0 bridgehead atoms. The molecule has 0 aliphatic carbocycles. The van der Waals surface area contributed by atoms with Crippen molar-refractivity contribution in [3.8, 4) is 5.75 Å². The van der Waals surface area contributed by atoms with E-state index in [0.717, 1.165) is 28.9 Å². The molecule has 1 amide bonds. The summed E-state index contributed by atoms with van der Waals surface area (Å²) >= 11 is 1.77. The number of aromatic nitrogens is 3. The highest BCUT2D eigenvalue weighted by molar-refractivity contribution is 7.99. The van der Waals surface area contributed by atoms with Gasteiger partial charge in [-0.25, -0.2) is 4.98 Å². The fourth-order valence-corrected chi connectivity index (χ4v) is 5.45. The maximum atomic E-state index is 13.7. The van der Waals surface area contributed by atoms with Gasteiger partial charge >= 0.3 is 6.18 Å². The van der Waals surface area contributed by atoms with E-state index in [2.05, 4.69) is 10.3 Å². The molecule has 4 rings (SSSR count). The molecule has 0 radical (unpaired) electrons. The molecule has 0 unspecified atom stereocenters. The van der Waals surface area contributed by atoms with Crippen molar-refractivity contribution in [3.05, 3.63) is 57.8 Å². The number of ketones is 1. The maximum Gasteiger partial charge on any atom is 0.422 e. The zero-order chi connectivity index (χ0) is 26.7. The van der Waals surface area contributed by atoms with E-state index in [1.807, 2.05) is 0 Å². The van der Waals surface area contributed by atoms with Gasteiger partial charge < -0.3 is 14.6 Å². The number of nitrogens with one attached hydrogen (secondary N) is 1.